The van der Waals surface area contributed by atoms with Crippen molar-refractivity contribution in [3.8, 4) is 0 Å². The lowest BCUT2D eigenvalue weighted by Crippen LogP contribution is -2.36. The van der Waals surface area contributed by atoms with E-state index in [-0.39, 0.29) is 11.7 Å². The SMILES string of the molecule is Cc1ccc(NS(=O)(=O)CC(C)C(=O)N2CCCC2)cc1. The van der Waals surface area contributed by atoms with Crippen molar-refractivity contribution in [1.82, 2.24) is 4.90 Å². The Labute approximate surface area is 126 Å². The lowest BCUT2D eigenvalue weighted by atomic mass is 10.2. The highest BCUT2D eigenvalue weighted by atomic mass is 32.2. The first-order valence-electron chi connectivity index (χ1n) is 7.23. The Morgan fingerprint density at radius 1 is 1.24 bits per heavy atom. The Kier molecular flexibility index (Phi) is 4.88. The van der Waals surface area contributed by atoms with Crippen molar-refractivity contribution in [3.05, 3.63) is 29.8 Å². The molecule has 1 aromatic rings. The molecule has 0 radical (unpaired) electrons. The first-order chi connectivity index (χ1) is 9.87. The van der Waals surface area contributed by atoms with Gasteiger partial charge in [-0.2, -0.15) is 0 Å². The van der Waals surface area contributed by atoms with Gasteiger partial charge in [0, 0.05) is 18.8 Å². The van der Waals surface area contributed by atoms with E-state index in [0.29, 0.717) is 5.69 Å². The minimum atomic E-state index is -3.52. The minimum Gasteiger partial charge on any atom is -0.342 e. The largest absolute Gasteiger partial charge is 0.342 e. The van der Waals surface area contributed by atoms with Crippen LogP contribution in [0.4, 0.5) is 5.69 Å². The van der Waals surface area contributed by atoms with Crippen molar-refractivity contribution in [2.75, 3.05) is 23.6 Å². The molecular formula is C15H22N2O3S. The van der Waals surface area contributed by atoms with E-state index in [1.54, 1.807) is 24.0 Å². The van der Waals surface area contributed by atoms with Crippen molar-refractivity contribution in [2.24, 2.45) is 5.92 Å². The number of sulfonamides is 1. The molecule has 5 nitrogen and oxygen atoms in total. The van der Waals surface area contributed by atoms with E-state index >= 15 is 0 Å². The first-order valence-corrected chi connectivity index (χ1v) is 8.88. The predicted octanol–water partition coefficient (Wildman–Crippen LogP) is 2.00. The maximum absolute atomic E-state index is 12.2. The summed E-state index contributed by atoms with van der Waals surface area (Å²) in [5.74, 6) is -0.774. The van der Waals surface area contributed by atoms with Gasteiger partial charge in [0.15, 0.2) is 0 Å². The average Bonchev–Trinajstić information content (AvgIpc) is 2.93. The summed E-state index contributed by atoms with van der Waals surface area (Å²) in [6, 6.07) is 7.13. The van der Waals surface area contributed by atoms with Gasteiger partial charge >= 0.3 is 0 Å². The van der Waals surface area contributed by atoms with Gasteiger partial charge in [0.2, 0.25) is 15.9 Å². The average molecular weight is 310 g/mol. The minimum absolute atomic E-state index is 0.0678. The molecule has 2 rings (SSSR count). The maximum atomic E-state index is 12.2. The molecule has 1 fully saturated rings. The molecule has 1 aliphatic rings. The normalized spacial score (nSPS) is 16.8. The van der Waals surface area contributed by atoms with E-state index in [9.17, 15) is 13.2 Å². The smallest absolute Gasteiger partial charge is 0.233 e. The molecule has 6 heteroatoms. The molecule has 21 heavy (non-hydrogen) atoms. The topological polar surface area (TPSA) is 66.5 Å². The van der Waals surface area contributed by atoms with Gasteiger partial charge in [-0.15, -0.1) is 0 Å². The number of nitrogens with one attached hydrogen (secondary N) is 1. The Morgan fingerprint density at radius 2 is 1.81 bits per heavy atom. The Balaban J connectivity index is 1.96. The molecular weight excluding hydrogens is 288 g/mol. The zero-order valence-electron chi connectivity index (χ0n) is 12.5. The molecule has 1 atom stereocenters. The highest BCUT2D eigenvalue weighted by Crippen LogP contribution is 2.16. The number of hydrogen-bond acceptors (Lipinski definition) is 3. The summed E-state index contributed by atoms with van der Waals surface area (Å²) in [7, 11) is -3.52. The van der Waals surface area contributed by atoms with E-state index in [4.69, 9.17) is 0 Å². The fourth-order valence-electron chi connectivity index (χ4n) is 2.49. The van der Waals surface area contributed by atoms with E-state index in [1.807, 2.05) is 19.1 Å². The monoisotopic (exact) mass is 310 g/mol. The van der Waals surface area contributed by atoms with Crippen LogP contribution in [0, 0.1) is 12.8 Å². The molecule has 116 valence electrons. The molecule has 0 bridgehead atoms. The summed E-state index contributed by atoms with van der Waals surface area (Å²) < 4.78 is 26.8. The third kappa shape index (κ3) is 4.46. The number of anilines is 1. The van der Waals surface area contributed by atoms with Crippen molar-refractivity contribution in [3.63, 3.8) is 0 Å². The summed E-state index contributed by atoms with van der Waals surface area (Å²) >= 11 is 0. The molecule has 1 amide bonds. The Morgan fingerprint density at radius 3 is 2.38 bits per heavy atom. The summed E-state index contributed by atoms with van der Waals surface area (Å²) in [6.45, 7) is 5.10. The van der Waals surface area contributed by atoms with Crippen LogP contribution < -0.4 is 4.72 Å². The number of carbonyl (C=O) groups excluding carboxylic acids is 1. The third-order valence-corrected chi connectivity index (χ3v) is 5.12. The zero-order chi connectivity index (χ0) is 15.5. The van der Waals surface area contributed by atoms with Gasteiger partial charge in [0.05, 0.1) is 11.7 Å². The molecule has 1 N–H and O–H groups in total. The van der Waals surface area contributed by atoms with E-state index < -0.39 is 15.9 Å². The predicted molar refractivity (Wildman–Crippen MR) is 83.6 cm³/mol. The van der Waals surface area contributed by atoms with Crippen LogP contribution in [0.2, 0.25) is 0 Å². The van der Waals surface area contributed by atoms with E-state index in [2.05, 4.69) is 4.72 Å². The van der Waals surface area contributed by atoms with Crippen molar-refractivity contribution >= 4 is 21.6 Å². The van der Waals surface area contributed by atoms with Gasteiger partial charge in [-0.1, -0.05) is 24.6 Å². The van der Waals surface area contributed by atoms with E-state index in [0.717, 1.165) is 31.5 Å². The van der Waals surface area contributed by atoms with Gasteiger partial charge in [0.1, 0.15) is 0 Å². The van der Waals surface area contributed by atoms with Crippen molar-refractivity contribution < 1.29 is 13.2 Å². The summed E-state index contributed by atoms with van der Waals surface area (Å²) in [6.07, 6.45) is 2.01. The van der Waals surface area contributed by atoms with Gasteiger partial charge in [-0.25, -0.2) is 8.42 Å². The summed E-state index contributed by atoms with van der Waals surface area (Å²) in [5, 5.41) is 0. The number of carbonyl (C=O) groups is 1. The van der Waals surface area contributed by atoms with Crippen molar-refractivity contribution in [1.29, 1.82) is 0 Å². The summed E-state index contributed by atoms with van der Waals surface area (Å²) in [4.78, 5) is 13.9. The zero-order valence-corrected chi connectivity index (χ0v) is 13.3. The van der Waals surface area contributed by atoms with Gasteiger partial charge in [-0.3, -0.25) is 9.52 Å². The highest BCUT2D eigenvalue weighted by Gasteiger charge is 2.27. The fourth-order valence-corrected chi connectivity index (χ4v) is 3.87. The fraction of sp³-hybridized carbons (Fsp3) is 0.533. The first kappa shape index (κ1) is 15.8. The molecule has 1 saturated heterocycles. The van der Waals surface area contributed by atoms with Gasteiger partial charge in [-0.05, 0) is 31.9 Å². The Hall–Kier alpha value is -1.56. The van der Waals surface area contributed by atoms with Crippen LogP contribution >= 0.6 is 0 Å². The molecule has 0 spiro atoms. The van der Waals surface area contributed by atoms with Gasteiger partial charge < -0.3 is 4.90 Å². The van der Waals surface area contributed by atoms with Crippen molar-refractivity contribution in [2.45, 2.75) is 26.7 Å². The number of likely N-dealkylation sites (tertiary alicyclic amines) is 1. The molecule has 0 saturated carbocycles. The lowest BCUT2D eigenvalue weighted by Gasteiger charge is -2.20. The number of nitrogens with zero attached hydrogens (tertiary/aromatic N) is 1. The number of benzene rings is 1. The summed E-state index contributed by atoms with van der Waals surface area (Å²) in [5.41, 5.74) is 1.59. The lowest BCUT2D eigenvalue weighted by molar-refractivity contribution is -0.133. The molecule has 0 aliphatic carbocycles. The molecule has 0 aromatic heterocycles. The standard InChI is InChI=1S/C15H22N2O3S/c1-12-5-7-14(8-6-12)16-21(19,20)11-13(2)15(18)17-9-3-4-10-17/h5-8,13,16H,3-4,9-11H2,1-2H3. The molecule has 1 aromatic carbocycles. The maximum Gasteiger partial charge on any atom is 0.233 e. The van der Waals surface area contributed by atoms with E-state index in [1.165, 1.54) is 0 Å². The molecule has 1 unspecified atom stereocenters. The molecule has 1 aliphatic heterocycles. The third-order valence-electron chi connectivity index (χ3n) is 3.63. The number of rotatable bonds is 5. The number of amides is 1. The second-order valence-corrected chi connectivity index (χ2v) is 7.45. The van der Waals surface area contributed by atoms with Crippen LogP contribution in [-0.4, -0.2) is 38.1 Å². The van der Waals surface area contributed by atoms with Crippen LogP contribution in [0.3, 0.4) is 0 Å². The van der Waals surface area contributed by atoms with Gasteiger partial charge in [0.25, 0.3) is 0 Å². The van der Waals surface area contributed by atoms with Crippen LogP contribution in [-0.2, 0) is 14.8 Å². The number of aryl methyl sites for hydroxylation is 1. The molecule has 1 heterocycles. The van der Waals surface area contributed by atoms with Crippen LogP contribution in [0.15, 0.2) is 24.3 Å². The Bertz CT molecular complexity index is 590. The van der Waals surface area contributed by atoms with Crippen LogP contribution in [0.5, 0.6) is 0 Å². The second-order valence-electron chi connectivity index (χ2n) is 5.68. The second kappa shape index (κ2) is 6.47. The van der Waals surface area contributed by atoms with Crippen LogP contribution in [0.1, 0.15) is 25.3 Å². The quantitative estimate of drug-likeness (QED) is 0.904. The number of hydrogen-bond donors (Lipinski definition) is 1. The highest BCUT2D eigenvalue weighted by molar-refractivity contribution is 7.92. The van der Waals surface area contributed by atoms with Crippen LogP contribution in [0.25, 0.3) is 0 Å².